The van der Waals surface area contributed by atoms with Crippen molar-refractivity contribution in [2.24, 2.45) is 0 Å². The Morgan fingerprint density at radius 3 is 2.63 bits per heavy atom. The predicted octanol–water partition coefficient (Wildman–Crippen LogP) is 4.58. The smallest absolute Gasteiger partial charge is 0.416 e. The Morgan fingerprint density at radius 1 is 1.11 bits per heavy atom. The van der Waals surface area contributed by atoms with Gasteiger partial charge in [0.15, 0.2) is 0 Å². The van der Waals surface area contributed by atoms with E-state index in [0.29, 0.717) is 22.4 Å². The molecule has 0 aliphatic heterocycles. The topological polar surface area (TPSA) is 68.9 Å². The van der Waals surface area contributed by atoms with Crippen molar-refractivity contribution in [2.45, 2.75) is 18.0 Å². The minimum atomic E-state index is -4.53. The Balaban J connectivity index is 1.94. The Kier molecular flexibility index (Phi) is 4.18. The van der Waals surface area contributed by atoms with Crippen LogP contribution >= 0.6 is 0 Å². The molecule has 0 spiro atoms. The van der Waals surface area contributed by atoms with Crippen LogP contribution in [0.4, 0.5) is 13.2 Å². The maximum atomic E-state index is 12.9. The van der Waals surface area contributed by atoms with Crippen LogP contribution in [0.1, 0.15) is 12.5 Å². The van der Waals surface area contributed by atoms with E-state index in [4.69, 9.17) is 4.42 Å². The monoisotopic (exact) mass is 391 g/mol. The lowest BCUT2D eigenvalue weighted by atomic mass is 10.2. The molecule has 27 heavy (non-hydrogen) atoms. The van der Waals surface area contributed by atoms with E-state index in [0.717, 1.165) is 11.5 Å². The summed E-state index contributed by atoms with van der Waals surface area (Å²) in [5, 5.41) is 0.798. The van der Waals surface area contributed by atoms with E-state index in [1.807, 2.05) is 12.1 Å². The molecule has 4 aromatic rings. The summed E-state index contributed by atoms with van der Waals surface area (Å²) in [5.74, 6) is 0.336. The number of benzene rings is 1. The molecule has 9 heteroatoms. The Bertz CT molecular complexity index is 1190. The van der Waals surface area contributed by atoms with Crippen LogP contribution in [0.5, 0.6) is 0 Å². The van der Waals surface area contributed by atoms with Gasteiger partial charge in [-0.15, -0.1) is 0 Å². The zero-order chi connectivity index (χ0) is 19.2. The standard InChI is InChI=1S/C18H12F3N3O2S/c1-2-27(25)14-7-10-5-3-4-6-12(10)23-15(14)17-24-13-8-11(18(19,20)21)9-22-16(13)26-17/h3-9H,2H2,1H3. The summed E-state index contributed by atoms with van der Waals surface area (Å²) in [5.41, 5.74) is -0.126. The minimum absolute atomic E-state index is 0.0145. The summed E-state index contributed by atoms with van der Waals surface area (Å²) >= 11 is 0. The van der Waals surface area contributed by atoms with E-state index < -0.39 is 22.5 Å². The zero-order valence-electron chi connectivity index (χ0n) is 13.9. The fraction of sp³-hybridized carbons (Fsp3) is 0.167. The van der Waals surface area contributed by atoms with Gasteiger partial charge in [0.25, 0.3) is 0 Å². The third kappa shape index (κ3) is 3.18. The Morgan fingerprint density at radius 2 is 1.89 bits per heavy atom. The molecule has 0 aliphatic carbocycles. The highest BCUT2D eigenvalue weighted by molar-refractivity contribution is 7.85. The molecule has 0 saturated heterocycles. The van der Waals surface area contributed by atoms with Crippen molar-refractivity contribution < 1.29 is 21.8 Å². The van der Waals surface area contributed by atoms with Crippen molar-refractivity contribution in [3.05, 3.63) is 48.2 Å². The maximum absolute atomic E-state index is 12.9. The first kappa shape index (κ1) is 17.6. The third-order valence-electron chi connectivity index (χ3n) is 3.97. The summed E-state index contributed by atoms with van der Waals surface area (Å²) in [6.45, 7) is 1.76. The second-order valence-corrected chi connectivity index (χ2v) is 7.44. The normalized spacial score (nSPS) is 13.3. The number of hydrogen-bond acceptors (Lipinski definition) is 5. The molecule has 0 saturated carbocycles. The van der Waals surface area contributed by atoms with Gasteiger partial charge in [-0.05, 0) is 18.2 Å². The lowest BCUT2D eigenvalue weighted by Crippen LogP contribution is -2.04. The molecule has 0 amide bonds. The number of nitrogens with zero attached hydrogens (tertiary/aromatic N) is 3. The molecule has 0 radical (unpaired) electrons. The molecule has 0 bridgehead atoms. The minimum Gasteiger partial charge on any atom is -0.416 e. The summed E-state index contributed by atoms with van der Waals surface area (Å²) < 4.78 is 56.7. The summed E-state index contributed by atoms with van der Waals surface area (Å²) in [7, 11) is -1.36. The molecule has 138 valence electrons. The summed E-state index contributed by atoms with van der Waals surface area (Å²) in [4.78, 5) is 12.7. The number of pyridine rings is 2. The molecule has 5 nitrogen and oxygen atoms in total. The number of para-hydroxylation sites is 1. The van der Waals surface area contributed by atoms with Gasteiger partial charge in [-0.1, -0.05) is 25.1 Å². The SMILES string of the molecule is CCS(=O)c1cc2ccccc2nc1-c1nc2cc(C(F)(F)F)cnc2o1. The van der Waals surface area contributed by atoms with Crippen LogP contribution in [0, 0.1) is 0 Å². The molecule has 0 fully saturated rings. The van der Waals surface area contributed by atoms with E-state index in [-0.39, 0.29) is 22.8 Å². The van der Waals surface area contributed by atoms with Gasteiger partial charge in [0.2, 0.25) is 11.6 Å². The van der Waals surface area contributed by atoms with E-state index in [2.05, 4.69) is 15.0 Å². The van der Waals surface area contributed by atoms with Gasteiger partial charge in [-0.2, -0.15) is 13.2 Å². The van der Waals surface area contributed by atoms with Gasteiger partial charge in [0.1, 0.15) is 11.2 Å². The van der Waals surface area contributed by atoms with E-state index >= 15 is 0 Å². The number of rotatable bonds is 3. The predicted molar refractivity (Wildman–Crippen MR) is 94.5 cm³/mol. The first-order chi connectivity index (χ1) is 12.9. The highest BCUT2D eigenvalue weighted by Gasteiger charge is 2.32. The lowest BCUT2D eigenvalue weighted by molar-refractivity contribution is -0.137. The van der Waals surface area contributed by atoms with E-state index in [1.165, 1.54) is 0 Å². The van der Waals surface area contributed by atoms with Crippen LogP contribution in [0.25, 0.3) is 33.7 Å². The van der Waals surface area contributed by atoms with Crippen molar-refractivity contribution in [1.29, 1.82) is 0 Å². The number of alkyl halides is 3. The summed E-state index contributed by atoms with van der Waals surface area (Å²) in [6, 6.07) is 9.86. The number of hydrogen-bond donors (Lipinski definition) is 0. The van der Waals surface area contributed by atoms with Gasteiger partial charge >= 0.3 is 6.18 Å². The Hall–Kier alpha value is -2.81. The Labute approximate surface area is 153 Å². The van der Waals surface area contributed by atoms with E-state index in [1.54, 1.807) is 25.1 Å². The molecule has 1 atom stereocenters. The van der Waals surface area contributed by atoms with Crippen molar-refractivity contribution in [1.82, 2.24) is 15.0 Å². The third-order valence-corrected chi connectivity index (χ3v) is 5.30. The zero-order valence-corrected chi connectivity index (χ0v) is 14.8. The molecule has 1 unspecified atom stereocenters. The van der Waals surface area contributed by atoms with E-state index in [9.17, 15) is 17.4 Å². The average molecular weight is 391 g/mol. The first-order valence-corrected chi connectivity index (χ1v) is 9.31. The molecule has 1 aromatic carbocycles. The van der Waals surface area contributed by atoms with Crippen LogP contribution in [0.3, 0.4) is 0 Å². The fourth-order valence-electron chi connectivity index (χ4n) is 2.66. The summed E-state index contributed by atoms with van der Waals surface area (Å²) in [6.07, 6.45) is -3.84. The van der Waals surface area contributed by atoms with Crippen LogP contribution in [-0.2, 0) is 17.0 Å². The molecule has 3 aromatic heterocycles. The van der Waals surface area contributed by atoms with Crippen molar-refractivity contribution in [3.8, 4) is 11.6 Å². The van der Waals surface area contributed by atoms with Gasteiger partial charge in [0, 0.05) is 17.3 Å². The van der Waals surface area contributed by atoms with Gasteiger partial charge in [-0.25, -0.2) is 15.0 Å². The molecular weight excluding hydrogens is 379 g/mol. The number of halogens is 3. The molecule has 3 heterocycles. The molecule has 4 rings (SSSR count). The number of oxazole rings is 1. The largest absolute Gasteiger partial charge is 0.417 e. The van der Waals surface area contributed by atoms with Crippen molar-refractivity contribution >= 4 is 32.9 Å². The molecule has 0 N–H and O–H groups in total. The number of fused-ring (bicyclic) bond motifs is 2. The van der Waals surface area contributed by atoms with Crippen LogP contribution in [0.15, 0.2) is 51.9 Å². The van der Waals surface area contributed by atoms with Crippen LogP contribution < -0.4 is 0 Å². The maximum Gasteiger partial charge on any atom is 0.417 e. The quantitative estimate of drug-likeness (QED) is 0.511. The second-order valence-electron chi connectivity index (χ2n) is 5.73. The van der Waals surface area contributed by atoms with Gasteiger partial charge in [-0.3, -0.25) is 4.21 Å². The number of aromatic nitrogens is 3. The van der Waals surface area contributed by atoms with Crippen molar-refractivity contribution in [3.63, 3.8) is 0 Å². The van der Waals surface area contributed by atoms with Gasteiger partial charge < -0.3 is 4.42 Å². The van der Waals surface area contributed by atoms with Crippen LogP contribution in [-0.4, -0.2) is 24.9 Å². The average Bonchev–Trinajstić information content (AvgIpc) is 3.08. The highest BCUT2D eigenvalue weighted by atomic mass is 32.2. The second kappa shape index (κ2) is 6.41. The van der Waals surface area contributed by atoms with Crippen molar-refractivity contribution in [2.75, 3.05) is 5.75 Å². The highest BCUT2D eigenvalue weighted by Crippen LogP contribution is 2.33. The molecular formula is C18H12F3N3O2S. The first-order valence-electron chi connectivity index (χ1n) is 7.99. The lowest BCUT2D eigenvalue weighted by Gasteiger charge is -2.07. The van der Waals surface area contributed by atoms with Gasteiger partial charge in [0.05, 0.1) is 26.8 Å². The fourth-order valence-corrected chi connectivity index (χ4v) is 3.58. The molecule has 0 aliphatic rings. The van der Waals surface area contributed by atoms with Crippen LogP contribution in [0.2, 0.25) is 0 Å².